The van der Waals surface area contributed by atoms with Crippen molar-refractivity contribution in [1.29, 1.82) is 0 Å². The number of pyridine rings is 1. The van der Waals surface area contributed by atoms with Gasteiger partial charge >= 0.3 is 0 Å². The summed E-state index contributed by atoms with van der Waals surface area (Å²) in [5.41, 5.74) is 1.34. The largest absolute Gasteiger partial charge is 0.378 e. The summed E-state index contributed by atoms with van der Waals surface area (Å²) in [6.07, 6.45) is 6.54. The van der Waals surface area contributed by atoms with E-state index >= 15 is 0 Å². The molecule has 2 aromatic rings. The van der Waals surface area contributed by atoms with Crippen LogP contribution in [0, 0.1) is 5.92 Å². The molecule has 0 spiro atoms. The molecule has 106 valence electrons. The zero-order valence-electron chi connectivity index (χ0n) is 12.0. The summed E-state index contributed by atoms with van der Waals surface area (Å²) in [5.74, 6) is 0.664. The minimum atomic E-state index is 0.444. The van der Waals surface area contributed by atoms with Crippen LogP contribution in [-0.2, 0) is 11.3 Å². The van der Waals surface area contributed by atoms with Crippen molar-refractivity contribution >= 4 is 10.8 Å². The van der Waals surface area contributed by atoms with Gasteiger partial charge in [-0.1, -0.05) is 25.1 Å². The minimum absolute atomic E-state index is 0.444. The lowest BCUT2D eigenvalue weighted by Crippen LogP contribution is -2.28. The van der Waals surface area contributed by atoms with Gasteiger partial charge in [-0.3, -0.25) is 4.98 Å². The average Bonchev–Trinajstić information content (AvgIpc) is 2.95. The standard InChI is InChI=1S/C17H22N2O/c1-2-17-15(7-9-20-17)12-19-11-14-5-3-4-13-10-18-8-6-16(13)14/h3-6,8,10,15,17,19H,2,7,9,11-12H2,1H3. The molecule has 3 nitrogen and oxygen atoms in total. The second kappa shape index (κ2) is 6.33. The predicted molar refractivity (Wildman–Crippen MR) is 81.6 cm³/mol. The second-order valence-corrected chi connectivity index (χ2v) is 5.51. The van der Waals surface area contributed by atoms with Crippen molar-refractivity contribution < 1.29 is 4.74 Å². The minimum Gasteiger partial charge on any atom is -0.378 e. The molecule has 1 aliphatic rings. The van der Waals surface area contributed by atoms with Crippen LogP contribution in [-0.4, -0.2) is 24.2 Å². The molecule has 1 aliphatic heterocycles. The van der Waals surface area contributed by atoms with E-state index in [2.05, 4.69) is 41.5 Å². The highest BCUT2D eigenvalue weighted by atomic mass is 16.5. The van der Waals surface area contributed by atoms with Crippen molar-refractivity contribution in [2.45, 2.75) is 32.4 Å². The Morgan fingerprint density at radius 3 is 3.20 bits per heavy atom. The normalized spacial score (nSPS) is 22.4. The maximum atomic E-state index is 5.74. The zero-order chi connectivity index (χ0) is 13.8. The number of ether oxygens (including phenoxy) is 1. The summed E-state index contributed by atoms with van der Waals surface area (Å²) < 4.78 is 5.74. The maximum absolute atomic E-state index is 5.74. The lowest BCUT2D eigenvalue weighted by Gasteiger charge is -2.17. The summed E-state index contributed by atoms with van der Waals surface area (Å²) in [4.78, 5) is 4.18. The van der Waals surface area contributed by atoms with Crippen molar-refractivity contribution in [1.82, 2.24) is 10.3 Å². The zero-order valence-corrected chi connectivity index (χ0v) is 12.0. The van der Waals surface area contributed by atoms with Gasteiger partial charge in [-0.05, 0) is 35.8 Å². The van der Waals surface area contributed by atoms with Crippen LogP contribution in [0.3, 0.4) is 0 Å². The third kappa shape index (κ3) is 2.84. The molecule has 1 fully saturated rings. The molecule has 2 heterocycles. The predicted octanol–water partition coefficient (Wildman–Crippen LogP) is 3.14. The van der Waals surface area contributed by atoms with Gasteiger partial charge in [-0.25, -0.2) is 0 Å². The fourth-order valence-electron chi connectivity index (χ4n) is 3.11. The molecule has 1 saturated heterocycles. The smallest absolute Gasteiger partial charge is 0.0613 e. The van der Waals surface area contributed by atoms with Crippen LogP contribution in [0.4, 0.5) is 0 Å². The van der Waals surface area contributed by atoms with Crippen molar-refractivity contribution in [3.05, 3.63) is 42.2 Å². The first-order valence-electron chi connectivity index (χ1n) is 7.52. The molecule has 1 aromatic carbocycles. The quantitative estimate of drug-likeness (QED) is 0.906. The Morgan fingerprint density at radius 1 is 1.35 bits per heavy atom. The Labute approximate surface area is 120 Å². The van der Waals surface area contributed by atoms with Gasteiger partial charge in [-0.2, -0.15) is 0 Å². The van der Waals surface area contributed by atoms with Gasteiger partial charge in [0.2, 0.25) is 0 Å². The first-order valence-corrected chi connectivity index (χ1v) is 7.52. The summed E-state index contributed by atoms with van der Waals surface area (Å²) >= 11 is 0. The van der Waals surface area contributed by atoms with Crippen molar-refractivity contribution in [3.63, 3.8) is 0 Å². The van der Waals surface area contributed by atoms with Crippen LogP contribution in [0.1, 0.15) is 25.3 Å². The van der Waals surface area contributed by atoms with E-state index in [1.165, 1.54) is 22.8 Å². The first-order chi connectivity index (χ1) is 9.88. The highest BCUT2D eigenvalue weighted by molar-refractivity contribution is 5.84. The van der Waals surface area contributed by atoms with Gasteiger partial charge in [0.1, 0.15) is 0 Å². The lowest BCUT2D eigenvalue weighted by atomic mass is 9.99. The number of rotatable bonds is 5. The number of fused-ring (bicyclic) bond motifs is 1. The second-order valence-electron chi connectivity index (χ2n) is 5.51. The molecule has 20 heavy (non-hydrogen) atoms. The molecule has 3 heteroatoms. The highest BCUT2D eigenvalue weighted by Gasteiger charge is 2.25. The number of nitrogens with zero attached hydrogens (tertiary/aromatic N) is 1. The van der Waals surface area contributed by atoms with Gasteiger partial charge in [0.05, 0.1) is 6.10 Å². The van der Waals surface area contributed by atoms with Crippen LogP contribution in [0.25, 0.3) is 10.8 Å². The third-order valence-corrected chi connectivity index (χ3v) is 4.24. The van der Waals surface area contributed by atoms with Crippen molar-refractivity contribution in [2.75, 3.05) is 13.2 Å². The van der Waals surface area contributed by atoms with Crippen molar-refractivity contribution in [3.8, 4) is 0 Å². The van der Waals surface area contributed by atoms with Gasteiger partial charge in [0.15, 0.2) is 0 Å². The molecule has 0 saturated carbocycles. The van der Waals surface area contributed by atoms with Gasteiger partial charge < -0.3 is 10.1 Å². The Kier molecular flexibility index (Phi) is 4.28. The molecule has 0 amide bonds. The van der Waals surface area contributed by atoms with Gasteiger partial charge in [0.25, 0.3) is 0 Å². The number of hydrogen-bond donors (Lipinski definition) is 1. The Morgan fingerprint density at radius 2 is 2.30 bits per heavy atom. The number of nitrogens with one attached hydrogen (secondary N) is 1. The Bertz CT molecular complexity index is 564. The van der Waals surface area contributed by atoms with Gasteiger partial charge in [-0.15, -0.1) is 0 Å². The van der Waals surface area contributed by atoms with E-state index in [4.69, 9.17) is 4.74 Å². The highest BCUT2D eigenvalue weighted by Crippen LogP contribution is 2.23. The van der Waals surface area contributed by atoms with E-state index < -0.39 is 0 Å². The molecule has 2 atom stereocenters. The summed E-state index contributed by atoms with van der Waals surface area (Å²) in [6, 6.07) is 8.51. The van der Waals surface area contributed by atoms with E-state index in [1.54, 1.807) is 0 Å². The van der Waals surface area contributed by atoms with Crippen LogP contribution < -0.4 is 5.32 Å². The molecule has 0 aliphatic carbocycles. The number of benzene rings is 1. The number of aromatic nitrogens is 1. The fraction of sp³-hybridized carbons (Fsp3) is 0.471. The molecule has 1 aromatic heterocycles. The first kappa shape index (κ1) is 13.5. The molecule has 1 N–H and O–H groups in total. The fourth-order valence-corrected chi connectivity index (χ4v) is 3.11. The van der Waals surface area contributed by atoms with E-state index in [0.29, 0.717) is 12.0 Å². The Hall–Kier alpha value is -1.45. The third-order valence-electron chi connectivity index (χ3n) is 4.24. The summed E-state index contributed by atoms with van der Waals surface area (Å²) in [7, 11) is 0. The topological polar surface area (TPSA) is 34.1 Å². The molecular formula is C17H22N2O. The summed E-state index contributed by atoms with van der Waals surface area (Å²) in [5, 5.41) is 6.11. The van der Waals surface area contributed by atoms with E-state index in [-0.39, 0.29) is 0 Å². The molecular weight excluding hydrogens is 248 g/mol. The van der Waals surface area contributed by atoms with Gasteiger partial charge in [0, 0.05) is 37.5 Å². The van der Waals surface area contributed by atoms with E-state index in [1.807, 2.05) is 12.4 Å². The monoisotopic (exact) mass is 270 g/mol. The average molecular weight is 270 g/mol. The Balaban J connectivity index is 1.63. The van der Waals surface area contributed by atoms with Crippen LogP contribution in [0.15, 0.2) is 36.7 Å². The SMILES string of the molecule is CCC1OCCC1CNCc1cccc2cnccc12. The maximum Gasteiger partial charge on any atom is 0.0613 e. The molecule has 3 rings (SSSR count). The van der Waals surface area contributed by atoms with Crippen LogP contribution >= 0.6 is 0 Å². The molecule has 0 bridgehead atoms. The number of hydrogen-bond acceptors (Lipinski definition) is 3. The van der Waals surface area contributed by atoms with Crippen LogP contribution in [0.2, 0.25) is 0 Å². The van der Waals surface area contributed by atoms with E-state index in [9.17, 15) is 0 Å². The molecule has 2 unspecified atom stereocenters. The molecule has 0 radical (unpaired) electrons. The lowest BCUT2D eigenvalue weighted by molar-refractivity contribution is 0.0872. The van der Waals surface area contributed by atoms with Crippen molar-refractivity contribution in [2.24, 2.45) is 5.92 Å². The van der Waals surface area contributed by atoms with Crippen LogP contribution in [0.5, 0.6) is 0 Å². The van der Waals surface area contributed by atoms with E-state index in [0.717, 1.165) is 26.1 Å². The summed E-state index contributed by atoms with van der Waals surface area (Å²) in [6.45, 7) is 5.08.